The maximum atomic E-state index is 11.1. The van der Waals surface area contributed by atoms with Crippen LogP contribution in [0.3, 0.4) is 0 Å². The van der Waals surface area contributed by atoms with E-state index in [1.54, 1.807) is 0 Å². The van der Waals surface area contributed by atoms with Gasteiger partial charge in [0.15, 0.2) is 0 Å². The second kappa shape index (κ2) is 3.47. The van der Waals surface area contributed by atoms with Crippen molar-refractivity contribution in [2.45, 2.75) is 6.92 Å². The zero-order valence-electron chi connectivity index (χ0n) is 7.71. The number of nitrogens with one attached hydrogen (secondary N) is 1. The van der Waals surface area contributed by atoms with Gasteiger partial charge in [-0.05, 0) is 12.4 Å². The number of allylic oxidation sites excluding steroid dienone is 1. The standard InChI is InChI=1S/C10H14N2O/c1-4-12-7(3)8(5-11)9-6(2)10(9)13/h4-6,9,12H,1,3,11H2,2H3/b8-5+. The van der Waals surface area contributed by atoms with Gasteiger partial charge in [-0.3, -0.25) is 4.79 Å². The van der Waals surface area contributed by atoms with E-state index in [1.807, 2.05) is 6.92 Å². The van der Waals surface area contributed by atoms with Gasteiger partial charge in [0.05, 0.1) is 5.92 Å². The van der Waals surface area contributed by atoms with Crippen LogP contribution in [0.1, 0.15) is 6.92 Å². The molecule has 1 rings (SSSR count). The summed E-state index contributed by atoms with van der Waals surface area (Å²) in [5.41, 5.74) is 6.85. The number of hydrogen-bond acceptors (Lipinski definition) is 3. The molecule has 1 aliphatic carbocycles. The van der Waals surface area contributed by atoms with Crippen LogP contribution < -0.4 is 11.1 Å². The van der Waals surface area contributed by atoms with Crippen LogP contribution in [-0.2, 0) is 4.79 Å². The lowest BCUT2D eigenvalue weighted by molar-refractivity contribution is -0.111. The van der Waals surface area contributed by atoms with Gasteiger partial charge in [0.25, 0.3) is 0 Å². The number of nitrogens with two attached hydrogens (primary N) is 1. The van der Waals surface area contributed by atoms with Crippen molar-refractivity contribution in [2.24, 2.45) is 17.6 Å². The van der Waals surface area contributed by atoms with Gasteiger partial charge in [-0.15, -0.1) is 0 Å². The van der Waals surface area contributed by atoms with Crippen molar-refractivity contribution in [3.8, 4) is 0 Å². The first-order valence-electron chi connectivity index (χ1n) is 4.15. The van der Waals surface area contributed by atoms with E-state index in [0.717, 1.165) is 5.57 Å². The highest BCUT2D eigenvalue weighted by atomic mass is 16.1. The summed E-state index contributed by atoms with van der Waals surface area (Å²) in [5, 5.41) is 2.83. The van der Waals surface area contributed by atoms with Crippen LogP contribution >= 0.6 is 0 Å². The van der Waals surface area contributed by atoms with E-state index in [-0.39, 0.29) is 17.6 Å². The Morgan fingerprint density at radius 1 is 1.69 bits per heavy atom. The Hall–Kier alpha value is -1.51. The molecule has 1 fully saturated rings. The number of carbonyl (C=O) groups excluding carboxylic acids is 1. The second-order valence-corrected chi connectivity index (χ2v) is 3.12. The predicted octanol–water partition coefficient (Wildman–Crippen LogP) is 0.911. The van der Waals surface area contributed by atoms with Crippen molar-refractivity contribution in [1.82, 2.24) is 5.32 Å². The number of Topliss-reactive ketones (excluding diaryl/α,β-unsaturated/α-hetero) is 1. The molecule has 0 aromatic carbocycles. The smallest absolute Gasteiger partial charge is 0.145 e. The monoisotopic (exact) mass is 178 g/mol. The van der Waals surface area contributed by atoms with Gasteiger partial charge in [0.1, 0.15) is 5.78 Å². The fourth-order valence-corrected chi connectivity index (χ4v) is 1.38. The number of hydrogen-bond donors (Lipinski definition) is 2. The Morgan fingerprint density at radius 2 is 2.23 bits per heavy atom. The van der Waals surface area contributed by atoms with Crippen molar-refractivity contribution in [2.75, 3.05) is 0 Å². The zero-order valence-corrected chi connectivity index (χ0v) is 7.71. The van der Waals surface area contributed by atoms with Gasteiger partial charge < -0.3 is 11.1 Å². The first-order chi connectivity index (χ1) is 6.13. The highest BCUT2D eigenvalue weighted by molar-refractivity contribution is 6.02. The Balaban J connectivity index is 2.71. The molecule has 2 unspecified atom stereocenters. The van der Waals surface area contributed by atoms with Gasteiger partial charge in [-0.1, -0.05) is 20.1 Å². The van der Waals surface area contributed by atoms with Gasteiger partial charge in [-0.25, -0.2) is 0 Å². The summed E-state index contributed by atoms with van der Waals surface area (Å²) >= 11 is 0. The van der Waals surface area contributed by atoms with Crippen molar-refractivity contribution >= 4 is 5.78 Å². The molecule has 3 N–H and O–H groups in total. The maximum Gasteiger partial charge on any atom is 0.145 e. The lowest BCUT2D eigenvalue weighted by Gasteiger charge is -2.07. The van der Waals surface area contributed by atoms with Crippen molar-refractivity contribution in [3.05, 3.63) is 36.8 Å². The third-order valence-electron chi connectivity index (χ3n) is 2.29. The van der Waals surface area contributed by atoms with Gasteiger partial charge in [0, 0.05) is 17.2 Å². The molecule has 0 saturated heterocycles. The Labute approximate surface area is 78.0 Å². The van der Waals surface area contributed by atoms with E-state index < -0.39 is 0 Å². The molecule has 70 valence electrons. The summed E-state index contributed by atoms with van der Waals surface area (Å²) < 4.78 is 0. The van der Waals surface area contributed by atoms with Gasteiger partial charge in [0.2, 0.25) is 0 Å². The van der Waals surface area contributed by atoms with E-state index in [0.29, 0.717) is 5.70 Å². The minimum atomic E-state index is -0.0649. The number of rotatable bonds is 4. The highest BCUT2D eigenvalue weighted by Crippen LogP contribution is 2.40. The molecule has 0 bridgehead atoms. The van der Waals surface area contributed by atoms with Crippen LogP contribution in [0.25, 0.3) is 0 Å². The fraction of sp³-hybridized carbons (Fsp3) is 0.300. The average Bonchev–Trinajstić information content (AvgIpc) is 2.65. The van der Waals surface area contributed by atoms with Crippen molar-refractivity contribution in [3.63, 3.8) is 0 Å². The lowest BCUT2D eigenvalue weighted by Crippen LogP contribution is -2.09. The molecular weight excluding hydrogens is 164 g/mol. The van der Waals surface area contributed by atoms with Crippen LogP contribution in [-0.4, -0.2) is 5.78 Å². The first kappa shape index (κ1) is 9.58. The fourth-order valence-electron chi connectivity index (χ4n) is 1.38. The van der Waals surface area contributed by atoms with Crippen molar-refractivity contribution in [1.29, 1.82) is 0 Å². The molecule has 1 aliphatic rings. The molecule has 0 aromatic heterocycles. The molecule has 0 amide bonds. The van der Waals surface area contributed by atoms with E-state index in [4.69, 9.17) is 5.73 Å². The molecule has 2 atom stereocenters. The highest BCUT2D eigenvalue weighted by Gasteiger charge is 2.48. The van der Waals surface area contributed by atoms with Gasteiger partial charge in [-0.2, -0.15) is 0 Å². The van der Waals surface area contributed by atoms with E-state index in [9.17, 15) is 4.79 Å². The van der Waals surface area contributed by atoms with Gasteiger partial charge >= 0.3 is 0 Å². The Morgan fingerprint density at radius 3 is 2.54 bits per heavy atom. The number of carbonyl (C=O) groups is 1. The summed E-state index contributed by atoms with van der Waals surface area (Å²) in [7, 11) is 0. The minimum absolute atomic E-state index is 0.0649. The summed E-state index contributed by atoms with van der Waals surface area (Å²) in [4.78, 5) is 11.1. The Kier molecular flexibility index (Phi) is 2.56. The topological polar surface area (TPSA) is 55.1 Å². The van der Waals surface area contributed by atoms with E-state index >= 15 is 0 Å². The molecule has 1 saturated carbocycles. The number of ketones is 1. The molecule has 0 aliphatic heterocycles. The second-order valence-electron chi connectivity index (χ2n) is 3.12. The third-order valence-corrected chi connectivity index (χ3v) is 2.29. The minimum Gasteiger partial charge on any atom is -0.404 e. The molecular formula is C10H14N2O. The molecule has 0 heterocycles. The van der Waals surface area contributed by atoms with Crippen LogP contribution in [0.4, 0.5) is 0 Å². The lowest BCUT2D eigenvalue weighted by atomic mass is 10.1. The summed E-state index contributed by atoms with van der Waals surface area (Å²) in [5.74, 6) is 0.242. The van der Waals surface area contributed by atoms with E-state index in [2.05, 4.69) is 18.5 Å². The zero-order chi connectivity index (χ0) is 10.0. The molecule has 3 heteroatoms. The summed E-state index contributed by atoms with van der Waals surface area (Å²) in [6.45, 7) is 9.16. The maximum absolute atomic E-state index is 11.1. The Bertz CT molecular complexity index is 291. The van der Waals surface area contributed by atoms with Crippen LogP contribution in [0.2, 0.25) is 0 Å². The molecule has 0 spiro atoms. The SMILES string of the molecule is C=CNC(=C)/C(=C\N)C1C(=O)C1C. The van der Waals surface area contributed by atoms with Crippen molar-refractivity contribution < 1.29 is 4.79 Å². The summed E-state index contributed by atoms with van der Waals surface area (Å²) in [6, 6.07) is 0. The van der Waals surface area contributed by atoms with E-state index in [1.165, 1.54) is 12.4 Å². The average molecular weight is 178 g/mol. The van der Waals surface area contributed by atoms with Crippen LogP contribution in [0, 0.1) is 11.8 Å². The van der Waals surface area contributed by atoms with Crippen LogP contribution in [0.15, 0.2) is 36.8 Å². The van der Waals surface area contributed by atoms with Crippen LogP contribution in [0.5, 0.6) is 0 Å². The predicted molar refractivity (Wildman–Crippen MR) is 52.4 cm³/mol. The molecule has 13 heavy (non-hydrogen) atoms. The molecule has 3 nitrogen and oxygen atoms in total. The largest absolute Gasteiger partial charge is 0.404 e. The first-order valence-corrected chi connectivity index (χ1v) is 4.15. The molecule has 0 radical (unpaired) electrons. The quantitative estimate of drug-likeness (QED) is 0.629. The summed E-state index contributed by atoms with van der Waals surface area (Å²) in [6.07, 6.45) is 2.95. The molecule has 0 aromatic rings. The normalized spacial score (nSPS) is 26.8. The third kappa shape index (κ3) is 1.64.